The fourth-order valence-electron chi connectivity index (χ4n) is 1.34. The van der Waals surface area contributed by atoms with Gasteiger partial charge in [0.05, 0.1) is 11.1 Å². The minimum Gasteiger partial charge on any atom is -0.312 e. The van der Waals surface area contributed by atoms with Crippen molar-refractivity contribution >= 4 is 23.2 Å². The third kappa shape index (κ3) is 2.53. The molecule has 1 aromatic carbocycles. The summed E-state index contributed by atoms with van der Waals surface area (Å²) in [6, 6.07) is 6.17. The SMILES string of the molecule is CN(C(=O)C(C)(C)CCl)c1ccccc1F. The Balaban J connectivity index is 3.00. The second kappa shape index (κ2) is 4.83. The summed E-state index contributed by atoms with van der Waals surface area (Å²) in [5, 5.41) is 0. The molecule has 0 fully saturated rings. The van der Waals surface area contributed by atoms with Crippen LogP contribution in [0, 0.1) is 11.2 Å². The van der Waals surface area contributed by atoms with Gasteiger partial charge in [0.2, 0.25) is 5.91 Å². The van der Waals surface area contributed by atoms with E-state index in [1.165, 1.54) is 11.0 Å². The number of alkyl halides is 1. The zero-order valence-corrected chi connectivity index (χ0v) is 10.4. The van der Waals surface area contributed by atoms with Crippen LogP contribution in [0.2, 0.25) is 0 Å². The summed E-state index contributed by atoms with van der Waals surface area (Å²) >= 11 is 5.72. The van der Waals surface area contributed by atoms with Gasteiger partial charge in [-0.25, -0.2) is 4.39 Å². The second-order valence-corrected chi connectivity index (χ2v) is 4.60. The number of hydrogen-bond donors (Lipinski definition) is 0. The highest BCUT2D eigenvalue weighted by Crippen LogP contribution is 2.25. The molecule has 0 atom stereocenters. The van der Waals surface area contributed by atoms with Crippen LogP contribution < -0.4 is 4.90 Å². The van der Waals surface area contributed by atoms with Gasteiger partial charge in [-0.15, -0.1) is 11.6 Å². The Morgan fingerprint density at radius 2 is 2.00 bits per heavy atom. The highest BCUT2D eigenvalue weighted by Gasteiger charge is 2.30. The van der Waals surface area contributed by atoms with E-state index in [2.05, 4.69) is 0 Å². The van der Waals surface area contributed by atoms with E-state index >= 15 is 0 Å². The Morgan fingerprint density at radius 3 is 2.50 bits per heavy atom. The first-order valence-corrected chi connectivity index (χ1v) is 5.52. The second-order valence-electron chi connectivity index (χ2n) is 4.33. The smallest absolute Gasteiger partial charge is 0.233 e. The lowest BCUT2D eigenvalue weighted by molar-refractivity contribution is -0.125. The average molecular weight is 244 g/mol. The van der Waals surface area contributed by atoms with Crippen molar-refractivity contribution in [2.75, 3.05) is 17.8 Å². The van der Waals surface area contributed by atoms with Gasteiger partial charge in [-0.3, -0.25) is 4.79 Å². The molecule has 0 unspecified atom stereocenters. The summed E-state index contributed by atoms with van der Waals surface area (Å²) in [5.41, 5.74) is -0.427. The Kier molecular flexibility index (Phi) is 3.92. The third-order valence-electron chi connectivity index (χ3n) is 2.43. The molecule has 0 spiro atoms. The summed E-state index contributed by atoms with van der Waals surface area (Å²) in [5.74, 6) is -0.415. The van der Waals surface area contributed by atoms with Crippen molar-refractivity contribution in [3.8, 4) is 0 Å². The van der Waals surface area contributed by atoms with Crippen molar-refractivity contribution in [1.82, 2.24) is 0 Å². The Morgan fingerprint density at radius 1 is 1.44 bits per heavy atom. The Bertz CT molecular complexity index is 392. The molecule has 0 radical (unpaired) electrons. The lowest BCUT2D eigenvalue weighted by Gasteiger charge is -2.27. The molecule has 0 aliphatic rings. The predicted octanol–water partition coefficient (Wildman–Crippen LogP) is 3.05. The van der Waals surface area contributed by atoms with Crippen LogP contribution in [0.3, 0.4) is 0 Å². The minimum atomic E-state index is -0.696. The van der Waals surface area contributed by atoms with Crippen LogP contribution >= 0.6 is 11.6 Å². The maximum atomic E-state index is 13.5. The van der Waals surface area contributed by atoms with Crippen LogP contribution in [-0.4, -0.2) is 18.8 Å². The zero-order valence-electron chi connectivity index (χ0n) is 9.63. The van der Waals surface area contributed by atoms with Crippen LogP contribution in [0.5, 0.6) is 0 Å². The molecule has 0 aliphatic carbocycles. The monoisotopic (exact) mass is 243 g/mol. The largest absolute Gasteiger partial charge is 0.312 e. The molecule has 1 rings (SSSR count). The van der Waals surface area contributed by atoms with Gasteiger partial charge < -0.3 is 4.90 Å². The molecular weight excluding hydrogens is 229 g/mol. The van der Waals surface area contributed by atoms with Crippen LogP contribution in [0.1, 0.15) is 13.8 Å². The molecule has 0 aromatic heterocycles. The predicted molar refractivity (Wildman–Crippen MR) is 64.3 cm³/mol. The van der Waals surface area contributed by atoms with Gasteiger partial charge in [0.1, 0.15) is 5.82 Å². The standard InChI is InChI=1S/C12H15ClFNO/c1-12(2,8-13)11(16)15(3)10-7-5-4-6-9(10)14/h4-7H,8H2,1-3H3. The lowest BCUT2D eigenvalue weighted by Crippen LogP contribution is -2.40. The molecule has 0 saturated heterocycles. The van der Waals surface area contributed by atoms with Crippen molar-refractivity contribution < 1.29 is 9.18 Å². The summed E-state index contributed by atoms with van der Waals surface area (Å²) in [7, 11) is 1.55. The van der Waals surface area contributed by atoms with Gasteiger partial charge >= 0.3 is 0 Å². The molecule has 4 heteroatoms. The number of carbonyl (C=O) groups is 1. The summed E-state index contributed by atoms with van der Waals surface area (Å²) in [6.07, 6.45) is 0. The lowest BCUT2D eigenvalue weighted by atomic mass is 9.94. The van der Waals surface area contributed by atoms with Gasteiger partial charge in [-0.1, -0.05) is 12.1 Å². The van der Waals surface area contributed by atoms with Crippen LogP contribution in [0.4, 0.5) is 10.1 Å². The fourth-order valence-corrected chi connectivity index (χ4v) is 1.46. The van der Waals surface area contributed by atoms with E-state index in [0.717, 1.165) is 0 Å². The normalized spacial score (nSPS) is 11.3. The zero-order chi connectivity index (χ0) is 12.3. The molecule has 1 aromatic rings. The van der Waals surface area contributed by atoms with Gasteiger partial charge in [0, 0.05) is 12.9 Å². The van der Waals surface area contributed by atoms with Crippen molar-refractivity contribution in [3.63, 3.8) is 0 Å². The third-order valence-corrected chi connectivity index (χ3v) is 3.10. The van der Waals surface area contributed by atoms with Gasteiger partial charge in [-0.2, -0.15) is 0 Å². The number of nitrogens with zero attached hydrogens (tertiary/aromatic N) is 1. The summed E-state index contributed by atoms with van der Waals surface area (Å²) in [4.78, 5) is 13.3. The first kappa shape index (κ1) is 13.0. The van der Waals surface area contributed by atoms with E-state index < -0.39 is 11.2 Å². The molecule has 0 bridgehead atoms. The summed E-state index contributed by atoms with van der Waals surface area (Å²) in [6.45, 7) is 3.47. The Labute approximate surface area is 100 Å². The molecular formula is C12H15ClFNO. The van der Waals surface area contributed by atoms with E-state index in [1.807, 2.05) is 0 Å². The number of para-hydroxylation sites is 1. The number of amides is 1. The van der Waals surface area contributed by atoms with E-state index in [4.69, 9.17) is 11.6 Å². The highest BCUT2D eigenvalue weighted by atomic mass is 35.5. The van der Waals surface area contributed by atoms with Gasteiger partial charge in [-0.05, 0) is 26.0 Å². The molecule has 0 N–H and O–H groups in total. The first-order chi connectivity index (χ1) is 7.40. The first-order valence-electron chi connectivity index (χ1n) is 4.99. The topological polar surface area (TPSA) is 20.3 Å². The van der Waals surface area contributed by atoms with E-state index in [9.17, 15) is 9.18 Å². The molecule has 2 nitrogen and oxygen atoms in total. The number of carbonyl (C=O) groups excluding carboxylic acids is 1. The average Bonchev–Trinajstić information content (AvgIpc) is 2.27. The summed E-state index contributed by atoms with van der Waals surface area (Å²) < 4.78 is 13.5. The molecule has 16 heavy (non-hydrogen) atoms. The molecule has 0 aliphatic heterocycles. The number of rotatable bonds is 3. The highest BCUT2D eigenvalue weighted by molar-refractivity contribution is 6.20. The minimum absolute atomic E-state index is 0.199. The Hall–Kier alpha value is -1.09. The van der Waals surface area contributed by atoms with Crippen LogP contribution in [0.25, 0.3) is 0 Å². The maximum absolute atomic E-state index is 13.5. The van der Waals surface area contributed by atoms with Crippen LogP contribution in [0.15, 0.2) is 24.3 Å². The molecule has 0 heterocycles. The van der Waals surface area contributed by atoms with Crippen molar-refractivity contribution in [1.29, 1.82) is 0 Å². The molecule has 1 amide bonds. The van der Waals surface area contributed by atoms with Crippen molar-refractivity contribution in [2.24, 2.45) is 5.41 Å². The number of halogens is 2. The number of hydrogen-bond acceptors (Lipinski definition) is 1. The molecule has 88 valence electrons. The number of anilines is 1. The molecule has 0 saturated carbocycles. The van der Waals surface area contributed by atoms with Crippen molar-refractivity contribution in [2.45, 2.75) is 13.8 Å². The van der Waals surface area contributed by atoms with Crippen molar-refractivity contribution in [3.05, 3.63) is 30.1 Å². The van der Waals surface area contributed by atoms with Crippen LogP contribution in [-0.2, 0) is 4.79 Å². The quantitative estimate of drug-likeness (QED) is 0.748. The maximum Gasteiger partial charge on any atom is 0.233 e. The van der Waals surface area contributed by atoms with E-state index in [1.54, 1.807) is 39.1 Å². The number of benzene rings is 1. The van der Waals surface area contributed by atoms with E-state index in [-0.39, 0.29) is 17.5 Å². The van der Waals surface area contributed by atoms with Gasteiger partial charge in [0.25, 0.3) is 0 Å². The van der Waals surface area contributed by atoms with Gasteiger partial charge in [0.15, 0.2) is 0 Å². The fraction of sp³-hybridized carbons (Fsp3) is 0.417. The van der Waals surface area contributed by atoms with E-state index in [0.29, 0.717) is 0 Å².